The lowest BCUT2D eigenvalue weighted by Gasteiger charge is -2.23. The van der Waals surface area contributed by atoms with Crippen LogP contribution in [0.2, 0.25) is 0 Å². The molecule has 0 aromatic heterocycles. The Morgan fingerprint density at radius 1 is 1.12 bits per heavy atom. The van der Waals surface area contributed by atoms with E-state index in [4.69, 9.17) is 0 Å². The fourth-order valence-electron chi connectivity index (χ4n) is 2.23. The number of nitrogens with one attached hydrogen (secondary N) is 1. The van der Waals surface area contributed by atoms with Crippen LogP contribution in [0.3, 0.4) is 0 Å². The summed E-state index contributed by atoms with van der Waals surface area (Å²) in [4.78, 5) is 0.897. The van der Waals surface area contributed by atoms with Crippen molar-refractivity contribution >= 4 is 16.5 Å². The first kappa shape index (κ1) is 11.6. The summed E-state index contributed by atoms with van der Waals surface area (Å²) in [6.07, 6.45) is 8.34. The summed E-state index contributed by atoms with van der Waals surface area (Å²) in [7, 11) is -0.872. The Kier molecular flexibility index (Phi) is 3.99. The van der Waals surface area contributed by atoms with Crippen molar-refractivity contribution in [2.24, 2.45) is 0 Å². The first-order valence-corrected chi connectivity index (χ1v) is 7.51. The molecule has 1 aliphatic rings. The maximum absolute atomic E-state index is 11.2. The lowest BCUT2D eigenvalue weighted by Crippen LogP contribution is -2.22. The van der Waals surface area contributed by atoms with E-state index in [2.05, 4.69) is 5.32 Å². The normalized spacial score (nSPS) is 19.3. The molecule has 16 heavy (non-hydrogen) atoms. The second kappa shape index (κ2) is 5.48. The molecule has 0 bridgehead atoms. The van der Waals surface area contributed by atoms with Gasteiger partial charge < -0.3 is 5.32 Å². The van der Waals surface area contributed by atoms with E-state index in [1.165, 1.54) is 32.1 Å². The van der Waals surface area contributed by atoms with Crippen LogP contribution in [-0.2, 0) is 10.8 Å². The summed E-state index contributed by atoms with van der Waals surface area (Å²) in [6.45, 7) is 0. The monoisotopic (exact) mass is 237 g/mol. The molecule has 1 aromatic rings. The molecule has 1 aliphatic carbocycles. The first-order valence-electron chi connectivity index (χ1n) is 5.96. The van der Waals surface area contributed by atoms with Crippen molar-refractivity contribution in [2.45, 2.75) is 43.0 Å². The number of benzene rings is 1. The van der Waals surface area contributed by atoms with Crippen LogP contribution in [0.25, 0.3) is 0 Å². The minimum atomic E-state index is -0.872. The van der Waals surface area contributed by atoms with Gasteiger partial charge in [0.25, 0.3) is 0 Å². The van der Waals surface area contributed by atoms with Crippen LogP contribution in [0.5, 0.6) is 0 Å². The Hall–Kier alpha value is -0.830. The van der Waals surface area contributed by atoms with Crippen molar-refractivity contribution in [3.8, 4) is 0 Å². The molecule has 2 rings (SSSR count). The molecule has 1 saturated carbocycles. The van der Waals surface area contributed by atoms with Crippen molar-refractivity contribution < 1.29 is 4.21 Å². The molecule has 3 heteroatoms. The first-order chi connectivity index (χ1) is 7.75. The number of hydrogen-bond donors (Lipinski definition) is 1. The zero-order valence-electron chi connectivity index (χ0n) is 9.74. The zero-order valence-corrected chi connectivity index (χ0v) is 10.6. The third kappa shape index (κ3) is 3.08. The minimum absolute atomic E-state index is 0.631. The Labute approximate surface area is 99.9 Å². The van der Waals surface area contributed by atoms with Gasteiger partial charge in [0.2, 0.25) is 0 Å². The van der Waals surface area contributed by atoms with E-state index in [1.807, 2.05) is 24.3 Å². The second-order valence-corrected chi connectivity index (χ2v) is 5.84. The SMILES string of the molecule is CS(=O)c1ccc(NC2CCCCC2)cc1. The zero-order chi connectivity index (χ0) is 11.4. The van der Waals surface area contributed by atoms with E-state index in [1.54, 1.807) is 6.26 Å². The quantitative estimate of drug-likeness (QED) is 0.875. The molecule has 2 nitrogen and oxygen atoms in total. The minimum Gasteiger partial charge on any atom is -0.382 e. The molecule has 0 spiro atoms. The summed E-state index contributed by atoms with van der Waals surface area (Å²) in [6, 6.07) is 8.59. The van der Waals surface area contributed by atoms with Crippen LogP contribution < -0.4 is 5.32 Å². The molecular weight excluding hydrogens is 218 g/mol. The van der Waals surface area contributed by atoms with Crippen molar-refractivity contribution in [1.29, 1.82) is 0 Å². The van der Waals surface area contributed by atoms with E-state index >= 15 is 0 Å². The highest BCUT2D eigenvalue weighted by molar-refractivity contribution is 7.84. The Balaban J connectivity index is 1.96. The molecule has 0 amide bonds. The van der Waals surface area contributed by atoms with E-state index in [-0.39, 0.29) is 0 Å². The fourth-order valence-corrected chi connectivity index (χ4v) is 2.74. The van der Waals surface area contributed by atoms with E-state index in [9.17, 15) is 4.21 Å². The van der Waals surface area contributed by atoms with Crippen molar-refractivity contribution in [3.63, 3.8) is 0 Å². The van der Waals surface area contributed by atoms with Gasteiger partial charge in [0.15, 0.2) is 0 Å². The number of hydrogen-bond acceptors (Lipinski definition) is 2. The lowest BCUT2D eigenvalue weighted by molar-refractivity contribution is 0.463. The Morgan fingerprint density at radius 2 is 1.75 bits per heavy atom. The van der Waals surface area contributed by atoms with E-state index in [0.717, 1.165) is 10.6 Å². The predicted molar refractivity (Wildman–Crippen MR) is 69.3 cm³/mol. The van der Waals surface area contributed by atoms with Crippen LogP contribution in [0.4, 0.5) is 5.69 Å². The molecule has 1 unspecified atom stereocenters. The van der Waals surface area contributed by atoms with Gasteiger partial charge in [0.05, 0.1) is 0 Å². The summed E-state index contributed by atoms with van der Waals surface area (Å²) < 4.78 is 11.2. The van der Waals surface area contributed by atoms with Crippen molar-refractivity contribution in [2.75, 3.05) is 11.6 Å². The highest BCUT2D eigenvalue weighted by Crippen LogP contribution is 2.22. The molecule has 1 aromatic carbocycles. The van der Waals surface area contributed by atoms with Gasteiger partial charge in [-0.25, -0.2) is 0 Å². The molecule has 88 valence electrons. The van der Waals surface area contributed by atoms with Crippen molar-refractivity contribution in [3.05, 3.63) is 24.3 Å². The molecule has 1 N–H and O–H groups in total. The number of anilines is 1. The molecule has 1 atom stereocenters. The van der Waals surface area contributed by atoms with Gasteiger partial charge in [-0.1, -0.05) is 19.3 Å². The van der Waals surface area contributed by atoms with E-state index < -0.39 is 10.8 Å². The molecule has 0 saturated heterocycles. The van der Waals surface area contributed by atoms with Crippen LogP contribution in [0, 0.1) is 0 Å². The topological polar surface area (TPSA) is 29.1 Å². The van der Waals surface area contributed by atoms with Crippen LogP contribution in [0.1, 0.15) is 32.1 Å². The molecule has 0 heterocycles. The molecule has 0 aliphatic heterocycles. The average molecular weight is 237 g/mol. The average Bonchev–Trinajstić information content (AvgIpc) is 2.31. The van der Waals surface area contributed by atoms with Gasteiger partial charge in [-0.2, -0.15) is 0 Å². The van der Waals surface area contributed by atoms with Gasteiger partial charge in [0.1, 0.15) is 0 Å². The molecule has 1 fully saturated rings. The lowest BCUT2D eigenvalue weighted by atomic mass is 9.95. The summed E-state index contributed by atoms with van der Waals surface area (Å²) in [5.74, 6) is 0. The standard InChI is InChI=1S/C13H19NOS/c1-16(15)13-9-7-12(8-10-13)14-11-5-3-2-4-6-11/h7-11,14H,2-6H2,1H3. The second-order valence-electron chi connectivity index (χ2n) is 4.46. The van der Waals surface area contributed by atoms with Gasteiger partial charge in [-0.3, -0.25) is 4.21 Å². The van der Waals surface area contributed by atoms with Gasteiger partial charge >= 0.3 is 0 Å². The molecular formula is C13H19NOS. The third-order valence-electron chi connectivity index (χ3n) is 3.16. The van der Waals surface area contributed by atoms with Crippen LogP contribution in [0.15, 0.2) is 29.2 Å². The molecule has 0 radical (unpaired) electrons. The maximum Gasteiger partial charge on any atom is 0.0498 e. The van der Waals surface area contributed by atoms with Crippen molar-refractivity contribution in [1.82, 2.24) is 0 Å². The Bertz CT molecular complexity index is 355. The number of rotatable bonds is 3. The van der Waals surface area contributed by atoms with Gasteiger partial charge in [-0.05, 0) is 37.1 Å². The van der Waals surface area contributed by atoms with Gasteiger partial charge in [0, 0.05) is 33.7 Å². The summed E-state index contributed by atoms with van der Waals surface area (Å²) in [5, 5.41) is 3.55. The highest BCUT2D eigenvalue weighted by Gasteiger charge is 2.12. The van der Waals surface area contributed by atoms with Gasteiger partial charge in [-0.15, -0.1) is 0 Å². The smallest absolute Gasteiger partial charge is 0.0498 e. The third-order valence-corrected chi connectivity index (χ3v) is 4.10. The van der Waals surface area contributed by atoms with E-state index in [0.29, 0.717) is 6.04 Å². The highest BCUT2D eigenvalue weighted by atomic mass is 32.2. The van der Waals surface area contributed by atoms with Crippen LogP contribution >= 0.6 is 0 Å². The largest absolute Gasteiger partial charge is 0.382 e. The summed E-state index contributed by atoms with van der Waals surface area (Å²) >= 11 is 0. The van der Waals surface area contributed by atoms with Crippen LogP contribution in [-0.4, -0.2) is 16.5 Å². The Morgan fingerprint density at radius 3 is 2.31 bits per heavy atom. The predicted octanol–water partition coefficient (Wildman–Crippen LogP) is 3.17. The maximum atomic E-state index is 11.2. The summed E-state index contributed by atoms with van der Waals surface area (Å²) in [5.41, 5.74) is 1.15. The fraction of sp³-hybridized carbons (Fsp3) is 0.538.